The van der Waals surface area contributed by atoms with Crippen molar-refractivity contribution in [2.45, 2.75) is 0 Å². The maximum Gasteiger partial charge on any atom is 0.344 e. The van der Waals surface area contributed by atoms with Crippen LogP contribution in [0.4, 0.5) is 5.69 Å². The van der Waals surface area contributed by atoms with Gasteiger partial charge in [-0.1, -0.05) is 53.5 Å². The Hall–Kier alpha value is -4.00. The molecule has 0 bridgehead atoms. The van der Waals surface area contributed by atoms with E-state index in [-0.39, 0.29) is 5.76 Å². The van der Waals surface area contributed by atoms with Crippen molar-refractivity contribution < 1.29 is 18.4 Å². The molecule has 2 heterocycles. The summed E-state index contributed by atoms with van der Waals surface area (Å²) >= 11 is 12.4. The highest BCUT2D eigenvalue weighted by Crippen LogP contribution is 2.35. The van der Waals surface area contributed by atoms with Crippen LogP contribution in [0, 0.1) is 0 Å². The third-order valence-corrected chi connectivity index (χ3v) is 6.27. The SMILES string of the molecule is COc1ccc(-c2cc3ccccc3oc2=O)cc1NC(=O)c1ccc(-c2cccc(Cl)c2Cl)o1. The molecule has 3 aromatic carbocycles. The lowest BCUT2D eigenvalue weighted by molar-refractivity contribution is 0.0997. The zero-order valence-electron chi connectivity index (χ0n) is 18.3. The third-order valence-electron chi connectivity index (χ3n) is 5.45. The molecule has 174 valence electrons. The molecule has 2 aromatic heterocycles. The fourth-order valence-corrected chi connectivity index (χ4v) is 4.11. The normalized spacial score (nSPS) is 10.9. The summed E-state index contributed by atoms with van der Waals surface area (Å²) in [4.78, 5) is 25.6. The number of anilines is 1. The predicted molar refractivity (Wildman–Crippen MR) is 137 cm³/mol. The maximum absolute atomic E-state index is 13.0. The molecule has 0 saturated carbocycles. The first-order chi connectivity index (χ1) is 16.9. The zero-order chi connectivity index (χ0) is 24.5. The van der Waals surface area contributed by atoms with Gasteiger partial charge in [-0.3, -0.25) is 4.79 Å². The van der Waals surface area contributed by atoms with E-state index in [4.69, 9.17) is 36.8 Å². The van der Waals surface area contributed by atoms with Crippen LogP contribution in [0.5, 0.6) is 5.75 Å². The Morgan fingerprint density at radius 2 is 1.71 bits per heavy atom. The van der Waals surface area contributed by atoms with E-state index in [1.165, 1.54) is 13.2 Å². The third kappa shape index (κ3) is 4.41. The van der Waals surface area contributed by atoms with E-state index in [0.717, 1.165) is 5.39 Å². The molecule has 6 nitrogen and oxygen atoms in total. The minimum Gasteiger partial charge on any atom is -0.495 e. The van der Waals surface area contributed by atoms with Gasteiger partial charge in [-0.15, -0.1) is 0 Å². The van der Waals surface area contributed by atoms with Crippen LogP contribution in [0.2, 0.25) is 10.0 Å². The van der Waals surface area contributed by atoms with E-state index in [9.17, 15) is 9.59 Å². The number of para-hydroxylation sites is 1. The summed E-state index contributed by atoms with van der Waals surface area (Å²) < 4.78 is 16.6. The number of hydrogen-bond donors (Lipinski definition) is 1. The standard InChI is InChI=1S/C27H17Cl2NO5/c1-33-23-10-9-15(18-13-16-5-2-3-8-21(16)35-27(18)32)14-20(23)30-26(31)24-12-11-22(34-24)17-6-4-7-19(28)25(17)29/h2-14H,1H3,(H,30,31). The van der Waals surface area contributed by atoms with E-state index >= 15 is 0 Å². The molecule has 5 rings (SSSR count). The molecule has 35 heavy (non-hydrogen) atoms. The maximum atomic E-state index is 13.0. The summed E-state index contributed by atoms with van der Waals surface area (Å²) in [5.74, 6) is 0.373. The second-order valence-corrected chi connectivity index (χ2v) is 8.40. The van der Waals surface area contributed by atoms with Gasteiger partial charge in [0, 0.05) is 10.9 Å². The van der Waals surface area contributed by atoms with Crippen LogP contribution in [-0.2, 0) is 0 Å². The quantitative estimate of drug-likeness (QED) is 0.253. The fourth-order valence-electron chi connectivity index (χ4n) is 3.72. The number of hydrogen-bond acceptors (Lipinski definition) is 5. The number of carbonyl (C=O) groups excluding carboxylic acids is 1. The second kappa shape index (κ2) is 9.33. The number of furan rings is 1. The molecule has 0 spiro atoms. The van der Waals surface area contributed by atoms with Crippen molar-refractivity contribution in [3.63, 3.8) is 0 Å². The first-order valence-corrected chi connectivity index (χ1v) is 11.3. The number of ether oxygens (including phenoxy) is 1. The molecular formula is C27H17Cl2NO5. The molecular weight excluding hydrogens is 489 g/mol. The topological polar surface area (TPSA) is 81.7 Å². The Morgan fingerprint density at radius 1 is 0.886 bits per heavy atom. The van der Waals surface area contributed by atoms with Crippen LogP contribution in [0.25, 0.3) is 33.4 Å². The van der Waals surface area contributed by atoms with Gasteiger partial charge >= 0.3 is 5.63 Å². The monoisotopic (exact) mass is 505 g/mol. The number of fused-ring (bicyclic) bond motifs is 1. The van der Waals surface area contributed by atoms with Crippen LogP contribution in [0.3, 0.4) is 0 Å². The molecule has 0 fully saturated rings. The molecule has 8 heteroatoms. The highest BCUT2D eigenvalue weighted by atomic mass is 35.5. The zero-order valence-corrected chi connectivity index (χ0v) is 19.8. The Labute approximate surface area is 209 Å². The van der Waals surface area contributed by atoms with Gasteiger partial charge in [-0.05, 0) is 54.1 Å². The van der Waals surface area contributed by atoms with Gasteiger partial charge in [0.15, 0.2) is 5.76 Å². The Balaban J connectivity index is 1.47. The molecule has 1 N–H and O–H groups in total. The number of nitrogens with one attached hydrogen (secondary N) is 1. The lowest BCUT2D eigenvalue weighted by atomic mass is 10.0. The van der Waals surface area contributed by atoms with Gasteiger partial charge in [-0.25, -0.2) is 4.79 Å². The highest BCUT2D eigenvalue weighted by molar-refractivity contribution is 6.43. The molecule has 0 unspecified atom stereocenters. The van der Waals surface area contributed by atoms with Crippen LogP contribution in [0.15, 0.2) is 92.5 Å². The Bertz CT molecular complexity index is 1640. The number of halogens is 2. The second-order valence-electron chi connectivity index (χ2n) is 7.62. The van der Waals surface area contributed by atoms with Gasteiger partial charge < -0.3 is 18.9 Å². The van der Waals surface area contributed by atoms with E-state index in [1.807, 2.05) is 12.1 Å². The van der Waals surface area contributed by atoms with Crippen molar-refractivity contribution in [1.29, 1.82) is 0 Å². The van der Waals surface area contributed by atoms with Gasteiger partial charge in [0.1, 0.15) is 17.1 Å². The van der Waals surface area contributed by atoms with Crippen molar-refractivity contribution in [3.05, 3.63) is 105 Å². The smallest absolute Gasteiger partial charge is 0.344 e. The van der Waals surface area contributed by atoms with Gasteiger partial charge in [0.25, 0.3) is 5.91 Å². The van der Waals surface area contributed by atoms with Crippen molar-refractivity contribution >= 4 is 45.8 Å². The van der Waals surface area contributed by atoms with Gasteiger partial charge in [-0.2, -0.15) is 0 Å². The number of rotatable bonds is 5. The minimum absolute atomic E-state index is 0.0636. The van der Waals surface area contributed by atoms with Crippen molar-refractivity contribution in [3.8, 4) is 28.2 Å². The summed E-state index contributed by atoms with van der Waals surface area (Å²) in [6.45, 7) is 0. The Kier molecular flexibility index (Phi) is 6.07. The molecule has 0 aliphatic carbocycles. The van der Waals surface area contributed by atoms with Crippen molar-refractivity contribution in [1.82, 2.24) is 0 Å². The van der Waals surface area contributed by atoms with Crippen molar-refractivity contribution in [2.75, 3.05) is 12.4 Å². The molecule has 0 saturated heterocycles. The van der Waals surface area contributed by atoms with Gasteiger partial charge in [0.05, 0.1) is 28.4 Å². The van der Waals surface area contributed by atoms with Crippen molar-refractivity contribution in [2.24, 2.45) is 0 Å². The summed E-state index contributed by atoms with van der Waals surface area (Å²) in [5.41, 5.74) is 1.86. The number of benzene rings is 3. The van der Waals surface area contributed by atoms with Crippen LogP contribution >= 0.6 is 23.2 Å². The summed E-state index contributed by atoms with van der Waals surface area (Å²) in [6, 6.07) is 22.4. The molecule has 0 radical (unpaired) electrons. The number of methoxy groups -OCH3 is 1. The fraction of sp³-hybridized carbons (Fsp3) is 0.0370. The molecule has 0 aliphatic rings. The van der Waals surface area contributed by atoms with E-state index < -0.39 is 11.5 Å². The Morgan fingerprint density at radius 3 is 2.54 bits per heavy atom. The summed E-state index contributed by atoms with van der Waals surface area (Å²) in [7, 11) is 1.49. The molecule has 1 amide bonds. The number of carbonyl (C=O) groups is 1. The largest absolute Gasteiger partial charge is 0.495 e. The van der Waals surface area contributed by atoms with E-state index in [0.29, 0.717) is 49.5 Å². The van der Waals surface area contributed by atoms with Crippen LogP contribution < -0.4 is 15.7 Å². The summed E-state index contributed by atoms with van der Waals surface area (Å²) in [5, 5.41) is 4.28. The first kappa shape index (κ1) is 22.8. The van der Waals surface area contributed by atoms with Gasteiger partial charge in [0.2, 0.25) is 0 Å². The highest BCUT2D eigenvalue weighted by Gasteiger charge is 2.18. The van der Waals surface area contributed by atoms with E-state index in [1.54, 1.807) is 60.7 Å². The van der Waals surface area contributed by atoms with Crippen LogP contribution in [-0.4, -0.2) is 13.0 Å². The molecule has 5 aromatic rings. The lowest BCUT2D eigenvalue weighted by Gasteiger charge is -2.11. The average Bonchev–Trinajstić information content (AvgIpc) is 3.35. The summed E-state index contributed by atoms with van der Waals surface area (Å²) in [6.07, 6.45) is 0. The first-order valence-electron chi connectivity index (χ1n) is 10.5. The average molecular weight is 506 g/mol. The minimum atomic E-state index is -0.504. The van der Waals surface area contributed by atoms with Crippen LogP contribution in [0.1, 0.15) is 10.6 Å². The van der Waals surface area contributed by atoms with E-state index in [2.05, 4.69) is 5.32 Å². The number of amides is 1. The predicted octanol–water partition coefficient (Wildman–Crippen LogP) is 7.29. The molecule has 0 atom stereocenters. The lowest BCUT2D eigenvalue weighted by Crippen LogP contribution is -2.12. The molecule has 0 aliphatic heterocycles.